The molecule has 10 atom stereocenters. The fourth-order valence-electron chi connectivity index (χ4n) is 5.38. The summed E-state index contributed by atoms with van der Waals surface area (Å²) in [6, 6.07) is 0. The van der Waals surface area contributed by atoms with Gasteiger partial charge in [0.1, 0.15) is 48.5 Å². The van der Waals surface area contributed by atoms with Crippen LogP contribution >= 0.6 is 15.4 Å². The number of nitrogens with one attached hydrogen (secondary N) is 1. The Labute approximate surface area is 250 Å². The van der Waals surface area contributed by atoms with Crippen molar-refractivity contribution in [2.24, 2.45) is 0 Å². The third-order valence-electron chi connectivity index (χ3n) is 7.45. The maximum absolute atomic E-state index is 13.6. The number of phosphoric acid groups is 1. The predicted octanol–water partition coefficient (Wildman–Crippen LogP) is -1.62. The van der Waals surface area contributed by atoms with E-state index in [1.807, 2.05) is 0 Å². The molecule has 242 valence electrons. The first-order valence-corrected chi connectivity index (χ1v) is 16.7. The van der Waals surface area contributed by atoms with Gasteiger partial charge in [-0.3, -0.25) is 37.0 Å². The van der Waals surface area contributed by atoms with Crippen LogP contribution in [-0.4, -0.2) is 111 Å². The highest BCUT2D eigenvalue weighted by atomic mass is 31.2. The van der Waals surface area contributed by atoms with Crippen molar-refractivity contribution >= 4 is 49.5 Å². The summed E-state index contributed by atoms with van der Waals surface area (Å²) in [7, 11) is -9.12. The summed E-state index contributed by atoms with van der Waals surface area (Å²) in [6.45, 7) is -0.181. The minimum Gasteiger partial charge on any atom is -0.387 e. The van der Waals surface area contributed by atoms with E-state index in [4.69, 9.17) is 39.0 Å². The molecule has 0 aliphatic carbocycles. The van der Waals surface area contributed by atoms with Gasteiger partial charge in [0.25, 0.3) is 5.56 Å². The molecule has 8 N–H and O–H groups in total. The number of anilines is 2. The fraction of sp³-hybridized carbons (Fsp3) is 0.524. The molecule has 0 spiro atoms. The number of fused-ring (bicyclic) bond motifs is 6. The Morgan fingerprint density at radius 3 is 2.18 bits per heavy atom. The third kappa shape index (κ3) is 5.32. The quantitative estimate of drug-likeness (QED) is 0.130. The van der Waals surface area contributed by atoms with Crippen LogP contribution in [0.15, 0.2) is 23.8 Å². The predicted molar refractivity (Wildman–Crippen MR) is 147 cm³/mol. The topological polar surface area (TPSA) is 309 Å². The number of nitrogen functional groups attached to an aromatic ring is 2. The number of phosphoric ester groups is 1. The lowest BCUT2D eigenvalue weighted by Crippen LogP contribution is -2.38. The van der Waals surface area contributed by atoms with Gasteiger partial charge in [-0.05, 0) is 0 Å². The molecule has 45 heavy (non-hydrogen) atoms. The molecule has 3 aliphatic rings. The molecule has 3 fully saturated rings. The monoisotopic (exact) mass is 672 g/mol. The second kappa shape index (κ2) is 10.9. The first kappa shape index (κ1) is 30.3. The lowest BCUT2D eigenvalue weighted by atomic mass is 10.1. The van der Waals surface area contributed by atoms with Crippen LogP contribution in [0.3, 0.4) is 0 Å². The summed E-state index contributed by atoms with van der Waals surface area (Å²) in [5.41, 5.74) is 11.1. The third-order valence-corrected chi connectivity index (χ3v) is 9.68. The summed E-state index contributed by atoms with van der Waals surface area (Å²) in [5.74, 6) is -0.187. The Morgan fingerprint density at radius 1 is 0.889 bits per heavy atom. The zero-order chi connectivity index (χ0) is 31.8. The number of aliphatic hydroxyl groups is 2. The number of nitrogens with two attached hydrogens (primary N) is 2. The van der Waals surface area contributed by atoms with Gasteiger partial charge in [-0.2, -0.15) is 4.98 Å². The van der Waals surface area contributed by atoms with Crippen LogP contribution in [0.25, 0.3) is 22.3 Å². The largest absolute Gasteiger partial charge is 0.472 e. The molecule has 3 aliphatic heterocycles. The Morgan fingerprint density at radius 2 is 1.49 bits per heavy atom. The van der Waals surface area contributed by atoms with Crippen molar-refractivity contribution in [1.29, 1.82) is 0 Å². The van der Waals surface area contributed by atoms with Gasteiger partial charge in [0.05, 0.1) is 25.9 Å². The van der Waals surface area contributed by atoms with Gasteiger partial charge in [-0.15, -0.1) is 0 Å². The van der Waals surface area contributed by atoms with Gasteiger partial charge < -0.3 is 40.6 Å². The smallest absolute Gasteiger partial charge is 0.387 e. The van der Waals surface area contributed by atoms with Crippen molar-refractivity contribution in [2.75, 3.05) is 31.3 Å². The summed E-state index contributed by atoms with van der Waals surface area (Å²) < 4.78 is 63.1. The van der Waals surface area contributed by atoms with Crippen LogP contribution in [0.4, 0.5) is 11.8 Å². The number of aliphatic hydroxyl groups excluding tert-OH is 2. The lowest BCUT2D eigenvalue weighted by Gasteiger charge is -2.27. The van der Waals surface area contributed by atoms with Gasteiger partial charge in [0.2, 0.25) is 5.95 Å². The van der Waals surface area contributed by atoms with E-state index in [1.165, 1.54) is 21.8 Å². The van der Waals surface area contributed by atoms with Crippen molar-refractivity contribution in [3.05, 3.63) is 29.3 Å². The molecule has 0 saturated carbocycles. The molecule has 24 heteroatoms. The molecular weight excluding hydrogens is 646 g/mol. The number of aromatic nitrogens is 8. The maximum Gasteiger partial charge on any atom is 0.472 e. The van der Waals surface area contributed by atoms with Crippen LogP contribution in [0.2, 0.25) is 0 Å². The molecule has 7 heterocycles. The zero-order valence-electron chi connectivity index (χ0n) is 23.0. The SMILES string of the molecule is CP1(=O)OCC2OC(n3cnc4c(=O)[nH]c(N)nc43)C(OP(=O)(O)OCC3OC(n4cnc5c(N)ncnc54)C(O1)C3O)C2O. The van der Waals surface area contributed by atoms with E-state index in [9.17, 15) is 29.0 Å². The average Bonchev–Trinajstić information content (AvgIpc) is 3.72. The first-order chi connectivity index (χ1) is 21.3. The Balaban J connectivity index is 1.23. The van der Waals surface area contributed by atoms with Crippen LogP contribution in [0.1, 0.15) is 12.5 Å². The van der Waals surface area contributed by atoms with Crippen molar-refractivity contribution in [3.8, 4) is 0 Å². The zero-order valence-corrected chi connectivity index (χ0v) is 24.7. The van der Waals surface area contributed by atoms with E-state index in [0.717, 1.165) is 13.0 Å². The Kier molecular flexibility index (Phi) is 7.30. The van der Waals surface area contributed by atoms with Crippen LogP contribution in [-0.2, 0) is 36.7 Å². The van der Waals surface area contributed by atoms with Crippen LogP contribution < -0.4 is 17.0 Å². The van der Waals surface area contributed by atoms with E-state index >= 15 is 0 Å². The Bertz CT molecular complexity index is 1940. The van der Waals surface area contributed by atoms with Gasteiger partial charge in [-0.25, -0.2) is 24.5 Å². The molecule has 10 unspecified atom stereocenters. The summed E-state index contributed by atoms with van der Waals surface area (Å²) >= 11 is 0. The van der Waals surface area contributed by atoms with Gasteiger partial charge in [-0.1, -0.05) is 0 Å². The van der Waals surface area contributed by atoms with Crippen molar-refractivity contribution in [3.63, 3.8) is 0 Å². The second-order valence-electron chi connectivity index (χ2n) is 10.4. The fourth-order valence-corrected chi connectivity index (χ4v) is 7.47. The van der Waals surface area contributed by atoms with E-state index < -0.39 is 83.3 Å². The second-order valence-corrected chi connectivity index (χ2v) is 13.9. The molecule has 0 aromatic carbocycles. The maximum atomic E-state index is 13.6. The number of ether oxygens (including phenoxy) is 2. The number of hydrogen-bond acceptors (Lipinski definition) is 18. The highest BCUT2D eigenvalue weighted by Crippen LogP contribution is 2.54. The summed E-state index contributed by atoms with van der Waals surface area (Å²) in [4.78, 5) is 45.5. The van der Waals surface area contributed by atoms with Crippen LogP contribution in [0.5, 0.6) is 0 Å². The minimum absolute atomic E-state index is 0.0672. The number of H-pyrrole nitrogens is 1. The van der Waals surface area contributed by atoms with Gasteiger partial charge in [0, 0.05) is 6.66 Å². The van der Waals surface area contributed by atoms with E-state index in [-0.39, 0.29) is 34.1 Å². The summed E-state index contributed by atoms with van der Waals surface area (Å²) in [5, 5.41) is 22.3. The van der Waals surface area contributed by atoms with E-state index in [1.54, 1.807) is 0 Å². The molecule has 0 amide bonds. The van der Waals surface area contributed by atoms with Gasteiger partial charge in [0.15, 0.2) is 35.1 Å². The summed E-state index contributed by atoms with van der Waals surface area (Å²) in [6.07, 6.45) is -8.03. The molecule has 4 bridgehead atoms. The number of hydrogen-bond donors (Lipinski definition) is 6. The highest BCUT2D eigenvalue weighted by Gasteiger charge is 2.53. The molecular formula is C21H26N10O12P2. The normalized spacial score (nSPS) is 37.7. The first-order valence-electron chi connectivity index (χ1n) is 13.2. The number of aromatic amines is 1. The van der Waals surface area contributed by atoms with Crippen LogP contribution in [0, 0.1) is 0 Å². The molecule has 3 saturated heterocycles. The number of imidazole rings is 2. The van der Waals surface area contributed by atoms with Gasteiger partial charge >= 0.3 is 15.4 Å². The van der Waals surface area contributed by atoms with Crippen molar-refractivity contribution < 1.29 is 51.8 Å². The number of rotatable bonds is 2. The minimum atomic E-state index is -5.05. The molecule has 0 radical (unpaired) electrons. The van der Waals surface area contributed by atoms with Crippen molar-refractivity contribution in [1.82, 2.24) is 39.0 Å². The lowest BCUT2D eigenvalue weighted by molar-refractivity contribution is -0.0643. The van der Waals surface area contributed by atoms with Crippen molar-refractivity contribution in [2.45, 2.75) is 49.1 Å². The molecule has 4 aromatic rings. The van der Waals surface area contributed by atoms with E-state index in [2.05, 4.69) is 29.9 Å². The Hall–Kier alpha value is -3.40. The molecule has 7 rings (SSSR count). The average molecular weight is 672 g/mol. The van der Waals surface area contributed by atoms with E-state index in [0.29, 0.717) is 0 Å². The molecule has 22 nitrogen and oxygen atoms in total. The standard InChI is InChI=1S/C21H26N10O12P2/c1-44(35)38-2-7-12(33)14(20(40-7)31-6-27-10-17(31)28-21(23)29-18(10)34)43-45(36,37)39-3-8-11(32)13(42-44)19(41-8)30-5-26-9-15(22)24-4-25-16(9)30/h4-8,11-14,19-20,32-33H,2-3H2,1H3,(H,36,37)(H2,22,24,25)(H3,23,28,29,34). The number of nitrogens with zero attached hydrogens (tertiary/aromatic N) is 7. The molecule has 4 aromatic heterocycles. The highest BCUT2D eigenvalue weighted by molar-refractivity contribution is 7.53.